The third-order valence-corrected chi connectivity index (χ3v) is 5.34. The van der Waals surface area contributed by atoms with Gasteiger partial charge in [-0.25, -0.2) is 4.99 Å². The fourth-order valence-electron chi connectivity index (χ4n) is 3.67. The molecule has 0 bridgehead atoms. The van der Waals surface area contributed by atoms with Gasteiger partial charge < -0.3 is 22.9 Å². The van der Waals surface area contributed by atoms with Crippen LogP contribution in [0.4, 0.5) is 8.63 Å². The molecule has 2 aliphatic rings. The molecule has 0 unspecified atom stereocenters. The van der Waals surface area contributed by atoms with Crippen LogP contribution in [-0.4, -0.2) is 17.8 Å². The van der Waals surface area contributed by atoms with Crippen LogP contribution in [0.5, 0.6) is 0 Å². The van der Waals surface area contributed by atoms with E-state index in [1.54, 1.807) is 12.1 Å². The van der Waals surface area contributed by atoms with E-state index in [2.05, 4.69) is 23.8 Å². The van der Waals surface area contributed by atoms with Crippen LogP contribution in [-0.2, 0) is 15.7 Å². The smallest absolute Gasteiger partial charge is 0.626 e. The molecule has 0 aliphatic carbocycles. The topological polar surface area (TPSA) is 46.6 Å². The number of halogens is 2. The predicted octanol–water partition coefficient (Wildman–Crippen LogP) is 7.09. The van der Waals surface area contributed by atoms with Gasteiger partial charge in [-0.2, -0.15) is 0 Å². The van der Waals surface area contributed by atoms with Gasteiger partial charge in [-0.05, 0) is 50.0 Å². The van der Waals surface area contributed by atoms with Crippen molar-refractivity contribution in [2.45, 2.75) is 78.1 Å². The molecule has 0 amide bonds. The van der Waals surface area contributed by atoms with E-state index < -0.39 is 7.11 Å². The molecule has 164 valence electrons. The number of nitrogens with zero attached hydrogens (tertiary/aromatic N) is 1. The highest BCUT2D eigenvalue weighted by Crippen LogP contribution is 2.34. The van der Waals surface area contributed by atoms with Crippen molar-refractivity contribution in [3.05, 3.63) is 53.2 Å². The van der Waals surface area contributed by atoms with Gasteiger partial charge in [0.25, 0.3) is 0 Å². The average molecular weight is 417 g/mol. The van der Waals surface area contributed by atoms with Crippen molar-refractivity contribution >= 4 is 18.6 Å². The molecular weight excluding hydrogens is 385 g/mol. The van der Waals surface area contributed by atoms with Crippen LogP contribution >= 0.6 is 0 Å². The van der Waals surface area contributed by atoms with Crippen molar-refractivity contribution in [1.82, 2.24) is 4.98 Å². The van der Waals surface area contributed by atoms with E-state index in [1.807, 2.05) is 12.1 Å². The summed E-state index contributed by atoms with van der Waals surface area (Å²) in [5.74, 6) is 0.147. The van der Waals surface area contributed by atoms with Crippen LogP contribution in [0.3, 0.4) is 0 Å². The van der Waals surface area contributed by atoms with E-state index in [1.165, 1.54) is 38.2 Å². The maximum absolute atomic E-state index is 14.2. The normalized spacial score (nSPS) is 20.0. The third kappa shape index (κ3) is 6.35. The molecule has 4 nitrogen and oxygen atoms in total. The van der Waals surface area contributed by atoms with Crippen LogP contribution in [0.1, 0.15) is 83.0 Å². The number of unbranched alkanes of at least 4 members (excludes halogenated alkanes) is 6. The number of hydrogen-bond acceptors (Lipinski definition) is 3. The second kappa shape index (κ2) is 10.6. The minimum absolute atomic E-state index is 0.0557. The summed E-state index contributed by atoms with van der Waals surface area (Å²) in [6.45, 7) is 4.35. The Morgan fingerprint density at radius 2 is 1.63 bits per heavy atom. The monoisotopic (exact) mass is 417 g/mol. The average Bonchev–Trinajstić information content (AvgIpc) is 3.37. The summed E-state index contributed by atoms with van der Waals surface area (Å²) in [6.07, 6.45) is 16.1. The Morgan fingerprint density at radius 1 is 0.900 bits per heavy atom. The van der Waals surface area contributed by atoms with Gasteiger partial charge in [0.2, 0.25) is 0 Å². The van der Waals surface area contributed by atoms with Crippen molar-refractivity contribution < 1.29 is 17.9 Å². The van der Waals surface area contributed by atoms with Crippen LogP contribution < -0.4 is 0 Å². The van der Waals surface area contributed by atoms with Gasteiger partial charge in [0.15, 0.2) is 0 Å². The standard InChI is InChI=1S/C23H32BF2N2O2/c1-3-5-7-9-11-18-13-15-20(27-18)22-17-23(30-24(25,26)29-22)21-16-14-19(28-21)12-10-8-6-4-2/h13-17,27H,3-12H2,1-2H3/q-1/b23-21-. The first-order valence-electron chi connectivity index (χ1n) is 11.3. The molecule has 0 fully saturated rings. The quantitative estimate of drug-likeness (QED) is 0.309. The fraction of sp³-hybridized carbons (Fsp3) is 0.522. The summed E-state index contributed by atoms with van der Waals surface area (Å²) in [6, 6.07) is 3.72. The molecule has 1 N–H and O–H groups in total. The summed E-state index contributed by atoms with van der Waals surface area (Å²) in [4.78, 5) is 7.70. The van der Waals surface area contributed by atoms with E-state index >= 15 is 0 Å². The Balaban J connectivity index is 1.72. The Kier molecular flexibility index (Phi) is 7.94. The van der Waals surface area contributed by atoms with Gasteiger partial charge in [0.05, 0.1) is 5.69 Å². The lowest BCUT2D eigenvalue weighted by atomic mass is 10.1. The number of hydrogen-bond donors (Lipinski definition) is 1. The first-order chi connectivity index (χ1) is 14.5. The summed E-state index contributed by atoms with van der Waals surface area (Å²) in [7, 11) is -4.44. The molecule has 0 saturated carbocycles. The number of rotatable bonds is 11. The first-order valence-corrected chi connectivity index (χ1v) is 11.3. The van der Waals surface area contributed by atoms with Gasteiger partial charge in [-0.15, -0.1) is 0 Å². The molecule has 0 atom stereocenters. The number of H-pyrrole nitrogens is 1. The van der Waals surface area contributed by atoms with Gasteiger partial charge in [-0.1, -0.05) is 52.4 Å². The minimum atomic E-state index is -4.44. The summed E-state index contributed by atoms with van der Waals surface area (Å²) < 4.78 is 38.1. The van der Waals surface area contributed by atoms with E-state index in [4.69, 9.17) is 9.31 Å². The maximum Gasteiger partial charge on any atom is 0.726 e. The SMILES string of the molecule is CCCCCCC1=N/C(=C2/C=C(c3ccc(CCCCCC)[nH]3)O[B-](F)(F)O2)C=C1. The molecule has 0 radical (unpaired) electrons. The fourth-order valence-corrected chi connectivity index (χ4v) is 3.67. The molecule has 0 saturated heterocycles. The zero-order valence-electron chi connectivity index (χ0n) is 18.1. The molecule has 3 rings (SSSR count). The molecule has 1 aromatic rings. The van der Waals surface area contributed by atoms with E-state index in [9.17, 15) is 8.63 Å². The number of aliphatic imine (C=N–C) groups is 1. The first kappa shape index (κ1) is 22.4. The van der Waals surface area contributed by atoms with Crippen molar-refractivity contribution in [2.75, 3.05) is 0 Å². The van der Waals surface area contributed by atoms with Gasteiger partial charge in [0, 0.05) is 17.5 Å². The van der Waals surface area contributed by atoms with Gasteiger partial charge in [0.1, 0.15) is 17.2 Å². The Hall–Kier alpha value is -2.31. The van der Waals surface area contributed by atoms with Gasteiger partial charge in [-0.3, -0.25) is 0 Å². The Bertz CT molecular complexity index is 840. The van der Waals surface area contributed by atoms with Crippen molar-refractivity contribution in [1.29, 1.82) is 0 Å². The second-order valence-corrected chi connectivity index (χ2v) is 7.98. The molecular formula is C23H32BF2N2O2-. The van der Waals surface area contributed by atoms with Crippen molar-refractivity contribution in [3.8, 4) is 0 Å². The Labute approximate surface area is 178 Å². The predicted molar refractivity (Wildman–Crippen MR) is 119 cm³/mol. The second-order valence-electron chi connectivity index (χ2n) is 7.98. The maximum atomic E-state index is 14.2. The highest BCUT2D eigenvalue weighted by Gasteiger charge is 2.39. The lowest BCUT2D eigenvalue weighted by molar-refractivity contribution is 0.171. The van der Waals surface area contributed by atoms with Crippen LogP contribution in [0.15, 0.2) is 46.8 Å². The number of aryl methyl sites for hydroxylation is 1. The van der Waals surface area contributed by atoms with Crippen molar-refractivity contribution in [3.63, 3.8) is 0 Å². The van der Waals surface area contributed by atoms with E-state index in [0.29, 0.717) is 11.4 Å². The number of nitrogens with one attached hydrogen (secondary N) is 1. The zero-order chi connectivity index (χ0) is 21.4. The van der Waals surface area contributed by atoms with Crippen LogP contribution in [0.2, 0.25) is 0 Å². The molecule has 7 heteroatoms. The third-order valence-electron chi connectivity index (χ3n) is 5.34. The highest BCUT2D eigenvalue weighted by molar-refractivity contribution is 6.53. The lowest BCUT2D eigenvalue weighted by Gasteiger charge is -2.34. The largest absolute Gasteiger partial charge is 0.726 e. The summed E-state index contributed by atoms with van der Waals surface area (Å²) in [5, 5.41) is 0. The molecule has 0 aromatic carbocycles. The number of allylic oxidation sites excluding steroid dienone is 3. The van der Waals surface area contributed by atoms with Crippen molar-refractivity contribution in [2.24, 2.45) is 4.99 Å². The minimum Gasteiger partial charge on any atom is -0.626 e. The molecule has 1 aromatic heterocycles. The molecule has 30 heavy (non-hydrogen) atoms. The van der Waals surface area contributed by atoms with Crippen LogP contribution in [0, 0.1) is 0 Å². The van der Waals surface area contributed by atoms with E-state index in [0.717, 1.165) is 43.5 Å². The van der Waals surface area contributed by atoms with E-state index in [-0.39, 0.29) is 11.5 Å². The molecule has 2 aliphatic heterocycles. The zero-order valence-corrected chi connectivity index (χ0v) is 18.1. The number of aromatic amines is 1. The van der Waals surface area contributed by atoms with Gasteiger partial charge >= 0.3 is 7.11 Å². The summed E-state index contributed by atoms with van der Waals surface area (Å²) in [5.41, 5.74) is 2.89. The number of aromatic nitrogens is 1. The summed E-state index contributed by atoms with van der Waals surface area (Å²) >= 11 is 0. The molecule has 3 heterocycles. The Morgan fingerprint density at radius 3 is 2.37 bits per heavy atom. The highest BCUT2D eigenvalue weighted by atomic mass is 19.3. The molecule has 0 spiro atoms. The van der Waals surface area contributed by atoms with Crippen LogP contribution in [0.25, 0.3) is 5.76 Å². The lowest BCUT2D eigenvalue weighted by Crippen LogP contribution is -2.34.